The van der Waals surface area contributed by atoms with Crippen molar-refractivity contribution in [3.05, 3.63) is 47.5 Å². The maximum Gasteiger partial charge on any atom is 0.0716 e. The van der Waals surface area contributed by atoms with E-state index in [-0.39, 0.29) is 0 Å². The van der Waals surface area contributed by atoms with Crippen LogP contribution in [0.15, 0.2) is 36.4 Å². The predicted molar refractivity (Wildman–Crippen MR) is 104 cm³/mol. The molecule has 1 fully saturated rings. The molecule has 134 valence electrons. The van der Waals surface area contributed by atoms with Crippen LogP contribution in [0.4, 0.5) is 0 Å². The average Bonchev–Trinajstić information content (AvgIpc) is 2.62. The van der Waals surface area contributed by atoms with E-state index in [1.54, 1.807) is 0 Å². The molecule has 0 unspecified atom stereocenters. The second-order valence-electron chi connectivity index (χ2n) is 7.42. The Morgan fingerprint density at radius 2 is 1.71 bits per heavy atom. The van der Waals surface area contributed by atoms with Gasteiger partial charge in [0.15, 0.2) is 0 Å². The van der Waals surface area contributed by atoms with E-state index in [9.17, 15) is 0 Å². The van der Waals surface area contributed by atoms with Gasteiger partial charge in [0.05, 0.1) is 6.61 Å². The summed E-state index contributed by atoms with van der Waals surface area (Å²) in [7, 11) is 0. The molecule has 1 aromatic rings. The summed E-state index contributed by atoms with van der Waals surface area (Å²) in [5, 5.41) is 0. The van der Waals surface area contributed by atoms with Crippen molar-refractivity contribution >= 4 is 0 Å². The first-order chi connectivity index (χ1) is 11.8. The highest BCUT2D eigenvalue weighted by Gasteiger charge is 2.18. The van der Waals surface area contributed by atoms with Crippen LogP contribution in [0.5, 0.6) is 0 Å². The molecule has 1 heteroatoms. The molecule has 1 saturated carbocycles. The topological polar surface area (TPSA) is 9.23 Å². The van der Waals surface area contributed by atoms with Gasteiger partial charge in [-0.2, -0.15) is 0 Å². The molecule has 1 aliphatic rings. The second-order valence-corrected chi connectivity index (χ2v) is 7.42. The molecule has 0 aromatic heterocycles. The van der Waals surface area contributed by atoms with Crippen molar-refractivity contribution in [1.29, 1.82) is 0 Å². The van der Waals surface area contributed by atoms with E-state index in [1.807, 2.05) is 0 Å². The van der Waals surface area contributed by atoms with Crippen molar-refractivity contribution in [2.45, 2.75) is 78.2 Å². The lowest BCUT2D eigenvalue weighted by molar-refractivity contribution is 0.117. The fraction of sp³-hybridized carbons (Fsp3) is 0.652. The van der Waals surface area contributed by atoms with E-state index in [1.165, 1.54) is 68.9 Å². The number of benzene rings is 1. The summed E-state index contributed by atoms with van der Waals surface area (Å²) in [6.45, 7) is 6.03. The van der Waals surface area contributed by atoms with E-state index < -0.39 is 0 Å². The summed E-state index contributed by atoms with van der Waals surface area (Å²) < 4.78 is 5.74. The highest BCUT2D eigenvalue weighted by molar-refractivity contribution is 5.22. The van der Waals surface area contributed by atoms with Crippen LogP contribution in [-0.4, -0.2) is 6.61 Å². The van der Waals surface area contributed by atoms with Crippen LogP contribution in [0.2, 0.25) is 0 Å². The van der Waals surface area contributed by atoms with Gasteiger partial charge in [0.2, 0.25) is 0 Å². The van der Waals surface area contributed by atoms with Crippen LogP contribution in [-0.2, 0) is 17.8 Å². The monoisotopic (exact) mass is 328 g/mol. The summed E-state index contributed by atoms with van der Waals surface area (Å²) in [6.07, 6.45) is 16.5. The molecule has 0 saturated heterocycles. The summed E-state index contributed by atoms with van der Waals surface area (Å²) in [5.74, 6) is 1.79. The predicted octanol–water partition coefficient (Wildman–Crippen LogP) is 6.71. The zero-order valence-corrected chi connectivity index (χ0v) is 15.8. The Labute approximate surface area is 149 Å². The third-order valence-electron chi connectivity index (χ3n) is 5.38. The quantitative estimate of drug-likeness (QED) is 0.342. The van der Waals surface area contributed by atoms with E-state index in [2.05, 4.69) is 50.3 Å². The van der Waals surface area contributed by atoms with E-state index >= 15 is 0 Å². The summed E-state index contributed by atoms with van der Waals surface area (Å²) in [4.78, 5) is 0. The van der Waals surface area contributed by atoms with Crippen molar-refractivity contribution in [2.75, 3.05) is 6.61 Å². The molecule has 0 spiro atoms. The van der Waals surface area contributed by atoms with E-state index in [0.29, 0.717) is 0 Å². The van der Waals surface area contributed by atoms with E-state index in [0.717, 1.165) is 25.0 Å². The van der Waals surface area contributed by atoms with Gasteiger partial charge in [-0.15, -0.1) is 0 Å². The molecule has 0 amide bonds. The van der Waals surface area contributed by atoms with Gasteiger partial charge in [0, 0.05) is 6.61 Å². The SMILES string of the molecule is C/C=C\C1CCC(CCc2ccc(COCCCCC)cc2)CC1. The van der Waals surface area contributed by atoms with Gasteiger partial charge in [-0.05, 0) is 74.8 Å². The normalized spacial score (nSPS) is 21.4. The van der Waals surface area contributed by atoms with Gasteiger partial charge < -0.3 is 4.74 Å². The number of ether oxygens (including phenoxy) is 1. The molecular formula is C23H36O. The van der Waals surface area contributed by atoms with Crippen LogP contribution >= 0.6 is 0 Å². The van der Waals surface area contributed by atoms with Gasteiger partial charge in [-0.3, -0.25) is 0 Å². The first-order valence-corrected chi connectivity index (χ1v) is 10.1. The molecule has 0 heterocycles. The molecule has 0 N–H and O–H groups in total. The average molecular weight is 329 g/mol. The number of allylic oxidation sites excluding steroid dienone is 2. The Kier molecular flexibility index (Phi) is 9.20. The van der Waals surface area contributed by atoms with Crippen molar-refractivity contribution in [3.63, 3.8) is 0 Å². The standard InChI is InChI=1S/C23H36O/c1-3-5-6-18-24-19-23-16-14-22(15-17-23)13-12-21-10-8-20(7-4-2)9-11-21/h4,7,14-17,20-21H,3,5-6,8-13,18-19H2,1-2H3/b7-4-. The molecular weight excluding hydrogens is 292 g/mol. The first-order valence-electron chi connectivity index (χ1n) is 10.1. The molecule has 1 aliphatic carbocycles. The Balaban J connectivity index is 1.63. The van der Waals surface area contributed by atoms with Gasteiger partial charge in [-0.25, -0.2) is 0 Å². The van der Waals surface area contributed by atoms with Crippen LogP contribution in [0.25, 0.3) is 0 Å². The van der Waals surface area contributed by atoms with Gasteiger partial charge in [-0.1, -0.05) is 56.2 Å². The maximum absolute atomic E-state index is 5.74. The maximum atomic E-state index is 5.74. The summed E-state index contributed by atoms with van der Waals surface area (Å²) >= 11 is 0. The van der Waals surface area contributed by atoms with Crippen molar-refractivity contribution in [3.8, 4) is 0 Å². The molecule has 1 aromatic carbocycles. The van der Waals surface area contributed by atoms with Gasteiger partial charge >= 0.3 is 0 Å². The largest absolute Gasteiger partial charge is 0.377 e. The van der Waals surface area contributed by atoms with Crippen LogP contribution in [0.1, 0.15) is 76.3 Å². The highest BCUT2D eigenvalue weighted by atomic mass is 16.5. The Bertz CT molecular complexity index is 451. The molecule has 0 bridgehead atoms. The minimum Gasteiger partial charge on any atom is -0.377 e. The third-order valence-corrected chi connectivity index (χ3v) is 5.38. The third kappa shape index (κ3) is 7.21. The lowest BCUT2D eigenvalue weighted by atomic mass is 9.79. The Morgan fingerprint density at radius 3 is 2.38 bits per heavy atom. The van der Waals surface area contributed by atoms with E-state index in [4.69, 9.17) is 4.74 Å². The zero-order valence-electron chi connectivity index (χ0n) is 15.8. The lowest BCUT2D eigenvalue weighted by Crippen LogP contribution is -2.13. The smallest absolute Gasteiger partial charge is 0.0716 e. The molecule has 1 nitrogen and oxygen atoms in total. The van der Waals surface area contributed by atoms with Crippen molar-refractivity contribution in [2.24, 2.45) is 11.8 Å². The van der Waals surface area contributed by atoms with Crippen molar-refractivity contribution < 1.29 is 4.74 Å². The van der Waals surface area contributed by atoms with Gasteiger partial charge in [0.1, 0.15) is 0 Å². The number of rotatable bonds is 10. The minimum atomic E-state index is 0.763. The minimum absolute atomic E-state index is 0.763. The molecule has 24 heavy (non-hydrogen) atoms. The zero-order chi connectivity index (χ0) is 17.0. The molecule has 0 atom stereocenters. The number of aryl methyl sites for hydroxylation is 1. The molecule has 2 rings (SSSR count). The number of unbranched alkanes of at least 4 members (excludes halogenated alkanes) is 2. The fourth-order valence-electron chi connectivity index (χ4n) is 3.76. The summed E-state index contributed by atoms with van der Waals surface area (Å²) in [6, 6.07) is 9.10. The summed E-state index contributed by atoms with van der Waals surface area (Å²) in [5.41, 5.74) is 2.79. The van der Waals surface area contributed by atoms with Crippen LogP contribution < -0.4 is 0 Å². The van der Waals surface area contributed by atoms with Gasteiger partial charge in [0.25, 0.3) is 0 Å². The highest BCUT2D eigenvalue weighted by Crippen LogP contribution is 2.32. The lowest BCUT2D eigenvalue weighted by Gasteiger charge is -2.26. The Hall–Kier alpha value is -1.08. The Morgan fingerprint density at radius 1 is 1.00 bits per heavy atom. The van der Waals surface area contributed by atoms with Crippen LogP contribution in [0, 0.1) is 11.8 Å². The first kappa shape index (κ1) is 19.2. The number of hydrogen-bond donors (Lipinski definition) is 0. The van der Waals surface area contributed by atoms with Crippen molar-refractivity contribution in [1.82, 2.24) is 0 Å². The molecule has 0 aliphatic heterocycles. The fourth-order valence-corrected chi connectivity index (χ4v) is 3.76. The van der Waals surface area contributed by atoms with Crippen LogP contribution in [0.3, 0.4) is 0 Å². The second kappa shape index (κ2) is 11.5. The number of hydrogen-bond acceptors (Lipinski definition) is 1. The molecule has 0 radical (unpaired) electrons.